The molecule has 5 nitrogen and oxygen atoms in total. The number of esters is 1. The van der Waals surface area contributed by atoms with Gasteiger partial charge >= 0.3 is 5.97 Å². The number of methoxy groups -OCH3 is 1. The predicted molar refractivity (Wildman–Crippen MR) is 141 cm³/mol. The Morgan fingerprint density at radius 3 is 2.27 bits per heavy atom. The second-order valence-corrected chi connectivity index (χ2v) is 14.9. The van der Waals surface area contributed by atoms with Crippen molar-refractivity contribution in [2.75, 3.05) is 7.11 Å². The molecule has 7 atom stereocenters. The van der Waals surface area contributed by atoms with Crippen LogP contribution >= 0.6 is 0 Å². The topological polar surface area (TPSA) is 84.2 Å². The molecule has 0 aromatic carbocycles. The summed E-state index contributed by atoms with van der Waals surface area (Å²) in [5, 5.41) is 9.86. The van der Waals surface area contributed by atoms with E-state index in [9.17, 15) is 19.6 Å². The zero-order valence-corrected chi connectivity index (χ0v) is 23.9. The molecular weight excluding hydrogens is 462 g/mol. The number of nitriles is 1. The molecule has 3 saturated carbocycles. The van der Waals surface area contributed by atoms with Crippen LogP contribution in [0.1, 0.15) is 93.4 Å². The lowest BCUT2D eigenvalue weighted by Gasteiger charge is -2.68. The van der Waals surface area contributed by atoms with Crippen LogP contribution in [0.15, 0.2) is 23.3 Å². The average molecular weight is 506 g/mol. The van der Waals surface area contributed by atoms with E-state index in [2.05, 4.69) is 40.7 Å². The minimum absolute atomic E-state index is 0.0308. The lowest BCUT2D eigenvalue weighted by molar-refractivity contribution is -0.191. The molecule has 0 spiro atoms. The Balaban J connectivity index is 1.71. The maximum Gasteiger partial charge on any atom is 0.312 e. The van der Waals surface area contributed by atoms with E-state index in [0.717, 1.165) is 50.5 Å². The second kappa shape index (κ2) is 7.67. The molecule has 5 aliphatic rings. The number of rotatable bonds is 1. The van der Waals surface area contributed by atoms with Crippen LogP contribution in [0.5, 0.6) is 0 Å². The van der Waals surface area contributed by atoms with Gasteiger partial charge in [0.2, 0.25) is 0 Å². The van der Waals surface area contributed by atoms with E-state index in [0.29, 0.717) is 0 Å². The van der Waals surface area contributed by atoms with Gasteiger partial charge in [-0.2, -0.15) is 5.26 Å². The van der Waals surface area contributed by atoms with Crippen LogP contribution in [0, 0.1) is 61.6 Å². The highest BCUT2D eigenvalue weighted by atomic mass is 16.5. The number of allylic oxidation sites excluding steroid dienone is 4. The summed E-state index contributed by atoms with van der Waals surface area (Å²) in [4.78, 5) is 40.9. The van der Waals surface area contributed by atoms with E-state index in [4.69, 9.17) is 4.74 Å². The molecule has 200 valence electrons. The van der Waals surface area contributed by atoms with E-state index in [1.54, 1.807) is 0 Å². The van der Waals surface area contributed by atoms with Crippen LogP contribution in [0.2, 0.25) is 0 Å². The SMILES string of the molecule is COC(=O)[C@]12CCC(C)(C)CC1C1C(=O)C=C3[C@@]4(C)C=C(C#N)C(=O)C(C)(C)[C@H]4CC[C@@]3(C)[C@@]1(C)CC2. The molecule has 5 aliphatic carbocycles. The largest absolute Gasteiger partial charge is 0.469 e. The van der Waals surface area contributed by atoms with Crippen molar-refractivity contribution in [2.24, 2.45) is 50.2 Å². The van der Waals surface area contributed by atoms with Gasteiger partial charge < -0.3 is 4.74 Å². The Hall–Kier alpha value is -2.22. The summed E-state index contributed by atoms with van der Waals surface area (Å²) in [6, 6.07) is 2.17. The molecule has 0 aromatic rings. The number of ether oxygens (including phenoxy) is 1. The third kappa shape index (κ3) is 3.11. The standard InChI is InChI=1S/C32H43NO4/c1-27(2)11-13-32(26(36)37-8)14-12-31(7)24(20(32)17-27)21(34)15-23-29(5)16-19(18-33)25(35)28(3,4)22(29)9-10-30(23,31)6/h15-16,20,22,24H,9-14,17H2,1-8H3/t20?,22-,24?,29+,30-,31+,32+/m1/s1. The molecule has 0 aromatic heterocycles. The zero-order valence-electron chi connectivity index (χ0n) is 23.9. The Morgan fingerprint density at radius 2 is 1.65 bits per heavy atom. The fourth-order valence-electron chi connectivity index (χ4n) is 10.2. The zero-order chi connectivity index (χ0) is 27.4. The lowest BCUT2D eigenvalue weighted by atomic mass is 9.34. The van der Waals surface area contributed by atoms with Gasteiger partial charge in [-0.1, -0.05) is 60.1 Å². The van der Waals surface area contributed by atoms with Crippen molar-refractivity contribution in [3.05, 3.63) is 23.3 Å². The van der Waals surface area contributed by atoms with Gasteiger partial charge in [-0.15, -0.1) is 0 Å². The maximum absolute atomic E-state index is 14.4. The van der Waals surface area contributed by atoms with E-state index < -0.39 is 16.2 Å². The summed E-state index contributed by atoms with van der Waals surface area (Å²) in [6.07, 6.45) is 9.65. The van der Waals surface area contributed by atoms with Crippen LogP contribution in [0.25, 0.3) is 0 Å². The first-order chi connectivity index (χ1) is 17.0. The van der Waals surface area contributed by atoms with Gasteiger partial charge in [-0.3, -0.25) is 14.4 Å². The van der Waals surface area contributed by atoms with Gasteiger partial charge in [0.1, 0.15) is 6.07 Å². The highest BCUT2D eigenvalue weighted by Crippen LogP contribution is 2.74. The average Bonchev–Trinajstić information content (AvgIpc) is 2.82. The number of Topliss-reactive ketones (excluding diaryl/α,β-unsaturated/α-hetero) is 1. The normalized spacial score (nSPS) is 45.6. The molecule has 3 fully saturated rings. The Bertz CT molecular complexity index is 1200. The number of fused-ring (bicyclic) bond motifs is 7. The number of nitrogens with zero attached hydrogens (tertiary/aromatic N) is 1. The highest BCUT2D eigenvalue weighted by Gasteiger charge is 2.71. The number of carbonyl (C=O) groups excluding carboxylic acids is 3. The van der Waals surface area contributed by atoms with Crippen molar-refractivity contribution >= 4 is 17.5 Å². The summed E-state index contributed by atoms with van der Waals surface area (Å²) in [5.41, 5.74) is -1.02. The second-order valence-electron chi connectivity index (χ2n) is 14.9. The number of hydrogen-bond donors (Lipinski definition) is 0. The molecule has 0 amide bonds. The summed E-state index contributed by atoms with van der Waals surface area (Å²) in [6.45, 7) is 15.2. The quantitative estimate of drug-likeness (QED) is 0.386. The highest BCUT2D eigenvalue weighted by molar-refractivity contribution is 6.04. The van der Waals surface area contributed by atoms with Gasteiger partial charge in [0.05, 0.1) is 18.1 Å². The fourth-order valence-corrected chi connectivity index (χ4v) is 10.2. The van der Waals surface area contributed by atoms with E-state index >= 15 is 0 Å². The summed E-state index contributed by atoms with van der Waals surface area (Å²) in [5.74, 6) is -0.376. The van der Waals surface area contributed by atoms with Crippen LogP contribution in [0.4, 0.5) is 0 Å². The van der Waals surface area contributed by atoms with Crippen LogP contribution in [-0.2, 0) is 19.1 Å². The first-order valence-corrected chi connectivity index (χ1v) is 14.1. The fraction of sp³-hybridized carbons (Fsp3) is 0.750. The summed E-state index contributed by atoms with van der Waals surface area (Å²) < 4.78 is 5.41. The van der Waals surface area contributed by atoms with E-state index in [1.807, 2.05) is 26.0 Å². The summed E-state index contributed by atoms with van der Waals surface area (Å²) in [7, 11) is 1.48. The van der Waals surface area contributed by atoms with E-state index in [1.165, 1.54) is 7.11 Å². The Kier molecular flexibility index (Phi) is 5.47. The minimum atomic E-state index is -0.669. The van der Waals surface area contributed by atoms with Crippen molar-refractivity contribution in [1.29, 1.82) is 5.26 Å². The van der Waals surface area contributed by atoms with Crippen molar-refractivity contribution < 1.29 is 19.1 Å². The lowest BCUT2D eigenvalue weighted by Crippen LogP contribution is -2.65. The molecule has 0 aliphatic heterocycles. The van der Waals surface area contributed by atoms with Gasteiger partial charge in [0, 0.05) is 16.7 Å². The first kappa shape index (κ1) is 26.4. The third-order valence-electron chi connectivity index (χ3n) is 12.5. The minimum Gasteiger partial charge on any atom is -0.469 e. The van der Waals surface area contributed by atoms with Crippen LogP contribution in [-0.4, -0.2) is 24.6 Å². The number of ketones is 2. The molecule has 0 radical (unpaired) electrons. The third-order valence-corrected chi connectivity index (χ3v) is 12.5. The maximum atomic E-state index is 14.4. The van der Waals surface area contributed by atoms with Crippen LogP contribution < -0.4 is 0 Å². The first-order valence-electron chi connectivity index (χ1n) is 14.1. The molecular formula is C32H43NO4. The Labute approximate surface area is 222 Å². The monoisotopic (exact) mass is 505 g/mol. The molecule has 5 heteroatoms. The smallest absolute Gasteiger partial charge is 0.312 e. The molecule has 0 heterocycles. The van der Waals surface area contributed by atoms with E-state index in [-0.39, 0.29) is 57.1 Å². The predicted octanol–water partition coefficient (Wildman–Crippen LogP) is 6.38. The summed E-state index contributed by atoms with van der Waals surface area (Å²) >= 11 is 0. The van der Waals surface area contributed by atoms with Crippen LogP contribution in [0.3, 0.4) is 0 Å². The van der Waals surface area contributed by atoms with Crippen molar-refractivity contribution in [3.8, 4) is 6.07 Å². The molecule has 5 rings (SSSR count). The van der Waals surface area contributed by atoms with Crippen molar-refractivity contribution in [1.82, 2.24) is 0 Å². The van der Waals surface area contributed by atoms with Crippen molar-refractivity contribution in [3.63, 3.8) is 0 Å². The van der Waals surface area contributed by atoms with Gasteiger partial charge in [-0.05, 0) is 79.1 Å². The molecule has 0 saturated heterocycles. The number of hydrogen-bond acceptors (Lipinski definition) is 5. The molecule has 0 bridgehead atoms. The molecule has 37 heavy (non-hydrogen) atoms. The Morgan fingerprint density at radius 1 is 1.00 bits per heavy atom. The molecule has 2 unspecified atom stereocenters. The van der Waals surface area contributed by atoms with Crippen molar-refractivity contribution in [2.45, 2.75) is 93.4 Å². The van der Waals surface area contributed by atoms with Gasteiger partial charge in [-0.25, -0.2) is 0 Å². The van der Waals surface area contributed by atoms with Gasteiger partial charge in [0.25, 0.3) is 0 Å². The number of carbonyl (C=O) groups is 3. The van der Waals surface area contributed by atoms with Gasteiger partial charge in [0.15, 0.2) is 11.6 Å². The molecule has 0 N–H and O–H groups in total.